The second kappa shape index (κ2) is 17.9. The van der Waals surface area contributed by atoms with E-state index in [4.69, 9.17) is 19.7 Å². The summed E-state index contributed by atoms with van der Waals surface area (Å²) in [6.45, 7) is 3.81. The van der Waals surface area contributed by atoms with E-state index in [-0.39, 0.29) is 5.91 Å². The van der Waals surface area contributed by atoms with Crippen molar-refractivity contribution >= 4 is 46.4 Å². The molecule has 0 spiro atoms. The minimum Gasteiger partial charge on any atom is -0.497 e. The molecule has 258 valence electrons. The molecule has 0 bridgehead atoms. The average Bonchev–Trinajstić information content (AvgIpc) is 3.24. The van der Waals surface area contributed by atoms with Crippen LogP contribution in [-0.2, 0) is 14.3 Å². The molecule has 1 aliphatic rings. The van der Waals surface area contributed by atoms with Gasteiger partial charge in [-0.2, -0.15) is 10.2 Å². The summed E-state index contributed by atoms with van der Waals surface area (Å²) < 4.78 is 17.0. The normalized spacial score (nSPS) is 15.7. The summed E-state index contributed by atoms with van der Waals surface area (Å²) in [6.07, 6.45) is 0.788. The van der Waals surface area contributed by atoms with Crippen molar-refractivity contribution in [2.75, 3.05) is 45.3 Å². The number of hydrogen-bond acceptors (Lipinski definition) is 10. The number of amides is 1. The number of para-hydroxylation sites is 1. The van der Waals surface area contributed by atoms with Crippen molar-refractivity contribution < 1.29 is 23.8 Å². The maximum absolute atomic E-state index is 14.1. The molecule has 4 aromatic carbocycles. The van der Waals surface area contributed by atoms with E-state index >= 15 is 0 Å². The lowest BCUT2D eigenvalue weighted by atomic mass is 10.1. The Morgan fingerprint density at radius 3 is 2.18 bits per heavy atom. The summed E-state index contributed by atoms with van der Waals surface area (Å²) in [5.41, 5.74) is 12.1. The van der Waals surface area contributed by atoms with Crippen molar-refractivity contribution in [2.45, 2.75) is 36.0 Å². The highest BCUT2D eigenvalue weighted by Crippen LogP contribution is 2.47. The third-order valence-corrected chi connectivity index (χ3v) is 9.34. The molecule has 0 saturated heterocycles. The van der Waals surface area contributed by atoms with Crippen molar-refractivity contribution in [2.24, 2.45) is 15.3 Å². The van der Waals surface area contributed by atoms with E-state index in [1.165, 1.54) is 18.7 Å². The van der Waals surface area contributed by atoms with Crippen LogP contribution in [0.5, 0.6) is 11.5 Å². The number of rotatable bonds is 15. The predicted molar refractivity (Wildman–Crippen MR) is 194 cm³/mol. The molecule has 4 aromatic rings. The van der Waals surface area contributed by atoms with Crippen LogP contribution in [0, 0.1) is 0 Å². The van der Waals surface area contributed by atoms with Crippen molar-refractivity contribution in [3.63, 3.8) is 0 Å². The Labute approximate surface area is 295 Å². The van der Waals surface area contributed by atoms with Crippen LogP contribution in [0.1, 0.15) is 30.6 Å². The van der Waals surface area contributed by atoms with Gasteiger partial charge in [-0.05, 0) is 98.2 Å². The van der Waals surface area contributed by atoms with Crippen LogP contribution < -0.4 is 14.4 Å². The zero-order valence-electron chi connectivity index (χ0n) is 28.2. The van der Waals surface area contributed by atoms with Crippen LogP contribution in [0.25, 0.3) is 10.4 Å². The number of azo groups is 1. The van der Waals surface area contributed by atoms with Gasteiger partial charge in [-0.15, -0.1) is 11.8 Å². The van der Waals surface area contributed by atoms with Crippen LogP contribution in [0.3, 0.4) is 0 Å². The first-order valence-corrected chi connectivity index (χ1v) is 17.1. The Morgan fingerprint density at radius 1 is 0.880 bits per heavy atom. The maximum Gasteiger partial charge on any atom is 0.303 e. The number of benzene rings is 4. The molecule has 13 heteroatoms. The molecule has 2 atom stereocenters. The van der Waals surface area contributed by atoms with E-state index in [9.17, 15) is 9.59 Å². The molecule has 12 nitrogen and oxygen atoms in total. The number of unbranched alkanes of at least 4 members (excludes halogenated alkanes) is 1. The number of anilines is 1. The SMILES string of the molecule is COc1ccc([C@@H]2Sc3ccccc3N(CCN(C)CCCCOc3ccc(N=Nc4ccc(N=[N+]=[N-])cc4)cc3)C(=O)[C@@H]2OC(C)=O)cc1. The summed E-state index contributed by atoms with van der Waals surface area (Å²) in [4.78, 5) is 34.0. The maximum atomic E-state index is 14.1. The van der Waals surface area contributed by atoms with Crippen LogP contribution >= 0.6 is 11.8 Å². The van der Waals surface area contributed by atoms with Gasteiger partial charge in [-0.3, -0.25) is 9.59 Å². The van der Waals surface area contributed by atoms with Crippen molar-refractivity contribution in [1.29, 1.82) is 0 Å². The van der Waals surface area contributed by atoms with E-state index in [0.29, 0.717) is 42.5 Å². The monoisotopic (exact) mass is 693 g/mol. The lowest BCUT2D eigenvalue weighted by Gasteiger charge is -2.29. The van der Waals surface area contributed by atoms with E-state index < -0.39 is 17.3 Å². The molecule has 0 N–H and O–H groups in total. The molecular weight excluding hydrogens is 655 g/mol. The molecule has 1 amide bonds. The summed E-state index contributed by atoms with van der Waals surface area (Å²) in [5.74, 6) is 0.722. The minimum atomic E-state index is -0.985. The quantitative estimate of drug-likeness (QED) is 0.0398. The number of thioether (sulfide) groups is 1. The van der Waals surface area contributed by atoms with Gasteiger partial charge in [-0.25, -0.2) is 0 Å². The predicted octanol–water partition coefficient (Wildman–Crippen LogP) is 8.96. The Balaban J connectivity index is 1.11. The van der Waals surface area contributed by atoms with Crippen LogP contribution in [0.4, 0.5) is 22.7 Å². The third kappa shape index (κ3) is 9.85. The summed E-state index contributed by atoms with van der Waals surface area (Å²) in [5, 5.41) is 11.6. The van der Waals surface area contributed by atoms with Gasteiger partial charge in [0.05, 0.1) is 36.0 Å². The number of likely N-dealkylation sites (N-methyl/N-ethyl adjacent to an activating group) is 1. The largest absolute Gasteiger partial charge is 0.497 e. The van der Waals surface area contributed by atoms with E-state index in [2.05, 4.69) is 25.2 Å². The molecule has 50 heavy (non-hydrogen) atoms. The first-order chi connectivity index (χ1) is 24.3. The fourth-order valence-corrected chi connectivity index (χ4v) is 6.68. The molecule has 0 unspecified atom stereocenters. The fourth-order valence-electron chi connectivity index (χ4n) is 5.36. The molecule has 5 rings (SSSR count). The standard InChI is InChI=1S/C37H39N7O5S/c1-26(45)49-35-36(27-10-18-31(47-3)19-11-27)50-34-9-5-4-8-33(34)44(37(35)46)24-23-43(2)22-6-7-25-48-32-20-16-29(17-21-32)40-39-28-12-14-30(15-13-28)41-42-38/h4-5,8-21,35-36H,6-7,22-25H2,1-3H3/t35-,36+/m1/s1. The molecular formula is C37H39N7O5S. The van der Waals surface area contributed by atoms with Crippen LogP contribution in [0.2, 0.25) is 0 Å². The topological polar surface area (TPSA) is 142 Å². The van der Waals surface area contributed by atoms with Gasteiger partial charge in [0.2, 0.25) is 0 Å². The summed E-state index contributed by atoms with van der Waals surface area (Å²) in [6, 6.07) is 29.6. The van der Waals surface area contributed by atoms with Crippen molar-refractivity contribution in [3.05, 3.63) is 113 Å². The number of carbonyl (C=O) groups is 2. The van der Waals surface area contributed by atoms with Gasteiger partial charge in [0.15, 0.2) is 6.10 Å². The highest BCUT2D eigenvalue weighted by atomic mass is 32.2. The second-order valence-electron chi connectivity index (χ2n) is 11.6. The molecule has 0 aromatic heterocycles. The second-order valence-corrected chi connectivity index (χ2v) is 12.7. The van der Waals surface area contributed by atoms with Crippen LogP contribution in [-0.4, -0.2) is 63.3 Å². The van der Waals surface area contributed by atoms with Gasteiger partial charge >= 0.3 is 5.97 Å². The number of nitrogens with zero attached hydrogens (tertiary/aromatic N) is 7. The smallest absolute Gasteiger partial charge is 0.303 e. The highest BCUT2D eigenvalue weighted by molar-refractivity contribution is 7.99. The first-order valence-electron chi connectivity index (χ1n) is 16.2. The summed E-state index contributed by atoms with van der Waals surface area (Å²) >= 11 is 1.53. The molecule has 0 radical (unpaired) electrons. The summed E-state index contributed by atoms with van der Waals surface area (Å²) in [7, 11) is 3.64. The molecule has 0 fully saturated rings. The number of methoxy groups -OCH3 is 1. The fraction of sp³-hybridized carbons (Fsp3) is 0.297. The highest BCUT2D eigenvalue weighted by Gasteiger charge is 2.40. The first kappa shape index (κ1) is 35.9. The third-order valence-electron chi connectivity index (χ3n) is 7.97. The number of esters is 1. The Morgan fingerprint density at radius 2 is 1.52 bits per heavy atom. The van der Waals surface area contributed by atoms with E-state index in [0.717, 1.165) is 41.3 Å². The van der Waals surface area contributed by atoms with E-state index in [1.54, 1.807) is 36.3 Å². The zero-order chi connectivity index (χ0) is 35.3. The Bertz CT molecular complexity index is 1810. The average molecular weight is 694 g/mol. The number of carbonyl (C=O) groups excluding carboxylic acids is 2. The molecule has 0 saturated carbocycles. The van der Waals surface area contributed by atoms with Gasteiger partial charge in [0.1, 0.15) is 11.5 Å². The van der Waals surface area contributed by atoms with Crippen molar-refractivity contribution in [3.8, 4) is 11.5 Å². The van der Waals surface area contributed by atoms with Gasteiger partial charge in [0.25, 0.3) is 5.91 Å². The van der Waals surface area contributed by atoms with Gasteiger partial charge in [0, 0.05) is 35.5 Å². The Hall–Kier alpha value is -5.36. The van der Waals surface area contributed by atoms with Gasteiger partial charge < -0.3 is 24.0 Å². The zero-order valence-corrected chi connectivity index (χ0v) is 29.0. The van der Waals surface area contributed by atoms with Crippen molar-refractivity contribution in [1.82, 2.24) is 4.90 Å². The number of fused-ring (bicyclic) bond motifs is 1. The van der Waals surface area contributed by atoms with E-state index in [1.807, 2.05) is 79.8 Å². The lowest BCUT2D eigenvalue weighted by Crippen LogP contribution is -2.45. The number of hydrogen-bond donors (Lipinski definition) is 0. The van der Waals surface area contributed by atoms with Gasteiger partial charge in [-0.1, -0.05) is 41.5 Å². The molecule has 1 heterocycles. The lowest BCUT2D eigenvalue weighted by molar-refractivity contribution is -0.152. The number of ether oxygens (including phenoxy) is 3. The Kier molecular flexibility index (Phi) is 12.8. The number of azide groups is 1. The van der Waals surface area contributed by atoms with Crippen LogP contribution in [0.15, 0.2) is 117 Å². The minimum absolute atomic E-state index is 0.242. The molecule has 1 aliphatic heterocycles. The molecule has 0 aliphatic carbocycles.